The maximum atomic E-state index is 9.69. The summed E-state index contributed by atoms with van der Waals surface area (Å²) in [5.41, 5.74) is 3.11. The van der Waals surface area contributed by atoms with Crippen molar-refractivity contribution in [3.8, 4) is 5.75 Å². The third-order valence-corrected chi connectivity index (χ3v) is 3.03. The van der Waals surface area contributed by atoms with Gasteiger partial charge in [0.25, 0.3) is 0 Å². The molecule has 0 heterocycles. The third kappa shape index (κ3) is 4.00. The Labute approximate surface area is 113 Å². The van der Waals surface area contributed by atoms with Crippen molar-refractivity contribution < 1.29 is 10.2 Å². The van der Waals surface area contributed by atoms with Crippen molar-refractivity contribution in [1.82, 2.24) is 0 Å². The van der Waals surface area contributed by atoms with Gasteiger partial charge in [0.1, 0.15) is 5.75 Å². The molecule has 3 N–H and O–H groups in total. The highest BCUT2D eigenvalue weighted by Crippen LogP contribution is 2.18. The molecule has 0 unspecified atom stereocenters. The molecule has 0 aliphatic rings. The van der Waals surface area contributed by atoms with Gasteiger partial charge in [-0.3, -0.25) is 0 Å². The van der Waals surface area contributed by atoms with Crippen molar-refractivity contribution in [2.75, 3.05) is 11.9 Å². The number of phenolic OH excluding ortho intramolecular Hbond substituents is 1. The lowest BCUT2D eigenvalue weighted by atomic mass is 10.1. The summed E-state index contributed by atoms with van der Waals surface area (Å²) in [6.45, 7) is 0.811. The Morgan fingerprint density at radius 2 is 1.84 bits per heavy atom. The van der Waals surface area contributed by atoms with Gasteiger partial charge in [-0.25, -0.2) is 0 Å². The van der Waals surface area contributed by atoms with Crippen molar-refractivity contribution >= 4 is 5.69 Å². The van der Waals surface area contributed by atoms with Crippen molar-refractivity contribution in [1.29, 1.82) is 0 Å². The Balaban J connectivity index is 1.98. The van der Waals surface area contributed by atoms with E-state index in [-0.39, 0.29) is 6.61 Å². The Bertz CT molecular complexity index is 526. The summed E-state index contributed by atoms with van der Waals surface area (Å²) in [6, 6.07) is 15.5. The quantitative estimate of drug-likeness (QED) is 0.745. The zero-order valence-electron chi connectivity index (χ0n) is 10.8. The average Bonchev–Trinajstić information content (AvgIpc) is 2.45. The van der Waals surface area contributed by atoms with Gasteiger partial charge in [0.05, 0.1) is 0 Å². The van der Waals surface area contributed by atoms with Crippen LogP contribution in [0.4, 0.5) is 5.69 Å². The summed E-state index contributed by atoms with van der Waals surface area (Å²) in [5, 5.41) is 21.8. The normalized spacial score (nSPS) is 10.4. The summed E-state index contributed by atoms with van der Waals surface area (Å²) in [6.07, 6.45) is 1.66. The first-order chi connectivity index (χ1) is 9.29. The first kappa shape index (κ1) is 13.4. The van der Waals surface area contributed by atoms with Gasteiger partial charge in [-0.15, -0.1) is 0 Å². The Hall–Kier alpha value is -2.00. The number of para-hydroxylation sites is 1. The van der Waals surface area contributed by atoms with E-state index in [2.05, 4.69) is 17.4 Å². The van der Waals surface area contributed by atoms with Crippen LogP contribution in [0.3, 0.4) is 0 Å². The van der Waals surface area contributed by atoms with Gasteiger partial charge in [0.15, 0.2) is 0 Å². The van der Waals surface area contributed by atoms with Crippen molar-refractivity contribution in [3.05, 3.63) is 59.7 Å². The molecule has 0 saturated heterocycles. The minimum Gasteiger partial charge on any atom is -0.508 e. The number of rotatable bonds is 6. The molecule has 0 amide bonds. The number of hydrogen-bond acceptors (Lipinski definition) is 3. The molecular formula is C16H19NO2. The fraction of sp³-hybridized carbons (Fsp3) is 0.250. The molecule has 0 bridgehead atoms. The van der Waals surface area contributed by atoms with E-state index >= 15 is 0 Å². The van der Waals surface area contributed by atoms with Gasteiger partial charge in [-0.05, 0) is 36.6 Å². The molecule has 0 spiro atoms. The number of aliphatic hydroxyl groups is 1. The van der Waals surface area contributed by atoms with Crippen LogP contribution in [-0.2, 0) is 13.0 Å². The first-order valence-corrected chi connectivity index (χ1v) is 6.50. The highest BCUT2D eigenvalue weighted by atomic mass is 16.3. The number of nitrogens with one attached hydrogen (secondary N) is 1. The lowest BCUT2D eigenvalue weighted by molar-refractivity contribution is 0.288. The maximum Gasteiger partial charge on any atom is 0.120 e. The van der Waals surface area contributed by atoms with Crippen LogP contribution in [0, 0.1) is 0 Å². The second kappa shape index (κ2) is 6.81. The Morgan fingerprint density at radius 3 is 2.63 bits per heavy atom. The van der Waals surface area contributed by atoms with Gasteiger partial charge >= 0.3 is 0 Å². The number of phenols is 1. The van der Waals surface area contributed by atoms with E-state index in [1.807, 2.05) is 30.3 Å². The number of anilines is 1. The number of aliphatic hydroxyl groups excluding tert-OH is 1. The Kier molecular flexibility index (Phi) is 4.81. The molecule has 0 radical (unpaired) electrons. The van der Waals surface area contributed by atoms with Crippen LogP contribution in [0.15, 0.2) is 48.5 Å². The van der Waals surface area contributed by atoms with E-state index in [0.29, 0.717) is 12.3 Å². The molecule has 2 aromatic carbocycles. The van der Waals surface area contributed by atoms with E-state index in [0.717, 1.165) is 24.1 Å². The molecule has 0 aliphatic heterocycles. The van der Waals surface area contributed by atoms with Gasteiger partial charge in [0, 0.05) is 24.4 Å². The van der Waals surface area contributed by atoms with Crippen LogP contribution in [-0.4, -0.2) is 16.8 Å². The van der Waals surface area contributed by atoms with Crippen molar-refractivity contribution in [2.24, 2.45) is 0 Å². The second-order valence-electron chi connectivity index (χ2n) is 4.51. The van der Waals surface area contributed by atoms with Crippen LogP contribution in [0.25, 0.3) is 0 Å². The zero-order chi connectivity index (χ0) is 13.5. The molecule has 3 nitrogen and oxygen atoms in total. The molecule has 2 aromatic rings. The lowest BCUT2D eigenvalue weighted by Crippen LogP contribution is -2.00. The highest BCUT2D eigenvalue weighted by molar-refractivity contribution is 5.47. The summed E-state index contributed by atoms with van der Waals surface area (Å²) in [7, 11) is 0. The number of hydrogen-bond donors (Lipinski definition) is 3. The summed E-state index contributed by atoms with van der Waals surface area (Å²) in [4.78, 5) is 0. The third-order valence-electron chi connectivity index (χ3n) is 3.03. The molecule has 3 heteroatoms. The molecule has 0 aromatic heterocycles. The fourth-order valence-corrected chi connectivity index (χ4v) is 1.98. The minimum absolute atomic E-state index is 0.218. The van der Waals surface area contributed by atoms with E-state index in [1.165, 1.54) is 5.56 Å². The number of benzene rings is 2. The molecule has 0 fully saturated rings. The van der Waals surface area contributed by atoms with Gasteiger partial charge in [-0.1, -0.05) is 30.3 Å². The van der Waals surface area contributed by atoms with E-state index in [9.17, 15) is 5.11 Å². The predicted molar refractivity (Wildman–Crippen MR) is 77.3 cm³/mol. The zero-order valence-corrected chi connectivity index (χ0v) is 10.8. The van der Waals surface area contributed by atoms with Crippen LogP contribution in [0.1, 0.15) is 17.5 Å². The van der Waals surface area contributed by atoms with E-state index in [4.69, 9.17) is 5.11 Å². The van der Waals surface area contributed by atoms with Gasteiger partial charge < -0.3 is 15.5 Å². The standard InChI is InChI=1S/C16H19NO2/c18-10-4-6-13-5-3-8-15(11-13)17-12-14-7-1-2-9-16(14)19/h1-3,5,7-9,11,17-19H,4,6,10,12H2. The second-order valence-corrected chi connectivity index (χ2v) is 4.51. The molecule has 19 heavy (non-hydrogen) atoms. The summed E-state index contributed by atoms with van der Waals surface area (Å²) in [5.74, 6) is 0.312. The molecular weight excluding hydrogens is 238 g/mol. The van der Waals surface area contributed by atoms with Crippen LogP contribution >= 0.6 is 0 Å². The monoisotopic (exact) mass is 257 g/mol. The van der Waals surface area contributed by atoms with Crippen LogP contribution < -0.4 is 5.32 Å². The minimum atomic E-state index is 0.218. The first-order valence-electron chi connectivity index (χ1n) is 6.50. The van der Waals surface area contributed by atoms with Crippen molar-refractivity contribution in [3.63, 3.8) is 0 Å². The lowest BCUT2D eigenvalue weighted by Gasteiger charge is -2.09. The topological polar surface area (TPSA) is 52.5 Å². The summed E-state index contributed by atoms with van der Waals surface area (Å²) >= 11 is 0. The smallest absolute Gasteiger partial charge is 0.120 e. The van der Waals surface area contributed by atoms with Gasteiger partial charge in [0.2, 0.25) is 0 Å². The number of aromatic hydroxyl groups is 1. The Morgan fingerprint density at radius 1 is 1.00 bits per heavy atom. The molecule has 2 rings (SSSR count). The summed E-state index contributed by atoms with van der Waals surface area (Å²) < 4.78 is 0. The number of aryl methyl sites for hydroxylation is 1. The van der Waals surface area contributed by atoms with E-state index in [1.54, 1.807) is 6.07 Å². The fourth-order valence-electron chi connectivity index (χ4n) is 1.98. The SMILES string of the molecule is OCCCc1cccc(NCc2ccccc2O)c1. The molecule has 0 aliphatic carbocycles. The molecule has 100 valence electrons. The van der Waals surface area contributed by atoms with E-state index < -0.39 is 0 Å². The largest absolute Gasteiger partial charge is 0.508 e. The van der Waals surface area contributed by atoms with Crippen LogP contribution in [0.5, 0.6) is 5.75 Å². The van der Waals surface area contributed by atoms with Crippen molar-refractivity contribution in [2.45, 2.75) is 19.4 Å². The average molecular weight is 257 g/mol. The predicted octanol–water partition coefficient (Wildman–Crippen LogP) is 2.93. The van der Waals surface area contributed by atoms with Crippen LogP contribution in [0.2, 0.25) is 0 Å². The molecule has 0 saturated carbocycles. The molecule has 0 atom stereocenters. The van der Waals surface area contributed by atoms with Gasteiger partial charge in [-0.2, -0.15) is 0 Å². The maximum absolute atomic E-state index is 9.69. The highest BCUT2D eigenvalue weighted by Gasteiger charge is 2.00.